The topological polar surface area (TPSA) is 95.9 Å². The summed E-state index contributed by atoms with van der Waals surface area (Å²) in [5.41, 5.74) is 1.27. The lowest BCUT2D eigenvalue weighted by Crippen LogP contribution is -2.37. The lowest BCUT2D eigenvalue weighted by atomic mass is 9.81. The molecule has 6 nitrogen and oxygen atoms in total. The molecule has 8 heteroatoms. The quantitative estimate of drug-likeness (QED) is 0.629. The third kappa shape index (κ3) is 8.19. The zero-order chi connectivity index (χ0) is 19.5. The highest BCUT2D eigenvalue weighted by molar-refractivity contribution is 6.42. The van der Waals surface area contributed by atoms with E-state index < -0.39 is 11.9 Å². The predicted molar refractivity (Wildman–Crippen MR) is 101 cm³/mol. The molecule has 0 bridgehead atoms. The Bertz CT molecular complexity index is 620. The zero-order valence-electron chi connectivity index (χ0n) is 14.5. The summed E-state index contributed by atoms with van der Waals surface area (Å²) in [6, 6.07) is 5.97. The van der Waals surface area contributed by atoms with Crippen LogP contribution in [0.1, 0.15) is 24.8 Å². The van der Waals surface area contributed by atoms with Gasteiger partial charge in [-0.2, -0.15) is 0 Å². The van der Waals surface area contributed by atoms with Crippen molar-refractivity contribution >= 4 is 35.1 Å². The largest absolute Gasteiger partial charge is 0.478 e. The summed E-state index contributed by atoms with van der Waals surface area (Å²) >= 11 is 12.1. The van der Waals surface area contributed by atoms with Gasteiger partial charge in [0.15, 0.2) is 0 Å². The van der Waals surface area contributed by atoms with Crippen molar-refractivity contribution in [1.29, 1.82) is 0 Å². The Morgan fingerprint density at radius 1 is 1.23 bits per heavy atom. The van der Waals surface area contributed by atoms with Gasteiger partial charge in [0, 0.05) is 31.2 Å². The highest BCUT2D eigenvalue weighted by atomic mass is 35.5. The Morgan fingerprint density at radius 2 is 1.88 bits per heavy atom. The third-order valence-corrected chi connectivity index (χ3v) is 4.62. The molecule has 1 saturated heterocycles. The van der Waals surface area contributed by atoms with Gasteiger partial charge in [0.1, 0.15) is 0 Å². The molecule has 0 spiro atoms. The minimum Gasteiger partial charge on any atom is -0.478 e. The molecule has 144 valence electrons. The molecule has 0 saturated carbocycles. The van der Waals surface area contributed by atoms with Crippen LogP contribution in [0.4, 0.5) is 0 Å². The second kappa shape index (κ2) is 11.9. The highest BCUT2D eigenvalue weighted by Crippen LogP contribution is 2.34. The van der Waals surface area contributed by atoms with Gasteiger partial charge in [-0.1, -0.05) is 29.3 Å². The van der Waals surface area contributed by atoms with Crippen molar-refractivity contribution in [1.82, 2.24) is 5.32 Å². The predicted octanol–water partition coefficient (Wildman–Crippen LogP) is 3.43. The Hall–Kier alpha value is -1.60. The van der Waals surface area contributed by atoms with E-state index in [1.165, 1.54) is 5.56 Å². The number of ether oxygens (including phenoxy) is 1. The minimum atomic E-state index is -1.26. The van der Waals surface area contributed by atoms with Crippen molar-refractivity contribution < 1.29 is 24.5 Å². The first kappa shape index (κ1) is 22.4. The van der Waals surface area contributed by atoms with E-state index in [9.17, 15) is 9.59 Å². The summed E-state index contributed by atoms with van der Waals surface area (Å²) in [7, 11) is 0. The number of carboxylic acids is 2. The van der Waals surface area contributed by atoms with E-state index in [-0.39, 0.29) is 0 Å². The number of aliphatic carboxylic acids is 2. The molecule has 0 amide bonds. The van der Waals surface area contributed by atoms with Gasteiger partial charge in [-0.15, -0.1) is 0 Å². The molecule has 1 aliphatic heterocycles. The summed E-state index contributed by atoms with van der Waals surface area (Å²) in [6.45, 7) is 5.65. The lowest BCUT2D eigenvalue weighted by Gasteiger charge is -2.32. The van der Waals surface area contributed by atoms with Crippen LogP contribution >= 0.6 is 23.2 Å². The standard InChI is InChI=1S/C14H19Cl2NO.C4H4O4/c1-2-18-9-11-8-17-6-5-12(11)10-3-4-13(15)14(16)7-10;5-3(6)1-2-4(7)8/h3-4,7,11-12,17H,2,5-6,8-9H2,1H3;1-2H,(H,5,6)(H,7,8)/b;2-1+/t11-,12+;/m0./s1. The normalized spacial score (nSPS) is 19.7. The summed E-state index contributed by atoms with van der Waals surface area (Å²) < 4.78 is 5.58. The number of hydrogen-bond donors (Lipinski definition) is 3. The number of nitrogens with one attached hydrogen (secondary N) is 1. The van der Waals surface area contributed by atoms with Crippen molar-refractivity contribution in [2.75, 3.05) is 26.3 Å². The molecular weight excluding hydrogens is 381 g/mol. The average Bonchev–Trinajstić information content (AvgIpc) is 2.61. The van der Waals surface area contributed by atoms with Crippen LogP contribution in [-0.4, -0.2) is 48.5 Å². The first-order valence-electron chi connectivity index (χ1n) is 8.22. The lowest BCUT2D eigenvalue weighted by molar-refractivity contribution is -0.134. The van der Waals surface area contributed by atoms with E-state index in [4.69, 9.17) is 38.2 Å². The van der Waals surface area contributed by atoms with Crippen LogP contribution in [0, 0.1) is 5.92 Å². The second-order valence-electron chi connectivity index (χ2n) is 5.70. The molecule has 1 heterocycles. The van der Waals surface area contributed by atoms with Crippen LogP contribution in [-0.2, 0) is 14.3 Å². The summed E-state index contributed by atoms with van der Waals surface area (Å²) in [5.74, 6) is -1.50. The molecule has 2 atom stereocenters. The Labute approximate surface area is 162 Å². The molecule has 0 radical (unpaired) electrons. The average molecular weight is 404 g/mol. The second-order valence-corrected chi connectivity index (χ2v) is 6.52. The molecule has 0 aliphatic carbocycles. The van der Waals surface area contributed by atoms with Gasteiger partial charge >= 0.3 is 11.9 Å². The number of rotatable bonds is 6. The smallest absolute Gasteiger partial charge is 0.328 e. The van der Waals surface area contributed by atoms with Gasteiger partial charge in [0.2, 0.25) is 0 Å². The fraction of sp³-hybridized carbons (Fsp3) is 0.444. The molecule has 1 fully saturated rings. The Morgan fingerprint density at radius 3 is 2.42 bits per heavy atom. The number of piperidine rings is 1. The Balaban J connectivity index is 0.000000359. The molecule has 0 aromatic heterocycles. The molecule has 1 aliphatic rings. The first-order chi connectivity index (χ1) is 12.3. The summed E-state index contributed by atoms with van der Waals surface area (Å²) in [6.07, 6.45) is 2.24. The molecule has 26 heavy (non-hydrogen) atoms. The number of carboxylic acid groups (broad SMARTS) is 2. The first-order valence-corrected chi connectivity index (χ1v) is 8.98. The fourth-order valence-corrected chi connectivity index (χ4v) is 3.00. The van der Waals surface area contributed by atoms with Crippen LogP contribution in [0.15, 0.2) is 30.4 Å². The third-order valence-electron chi connectivity index (χ3n) is 3.88. The monoisotopic (exact) mass is 403 g/mol. The van der Waals surface area contributed by atoms with Crippen LogP contribution in [0.25, 0.3) is 0 Å². The van der Waals surface area contributed by atoms with E-state index in [0.717, 1.165) is 32.7 Å². The van der Waals surface area contributed by atoms with Gasteiger partial charge in [0.05, 0.1) is 16.7 Å². The zero-order valence-corrected chi connectivity index (χ0v) is 16.0. The fourth-order valence-electron chi connectivity index (χ4n) is 2.69. The van der Waals surface area contributed by atoms with Crippen molar-refractivity contribution in [3.05, 3.63) is 46.0 Å². The van der Waals surface area contributed by atoms with Gasteiger partial charge in [-0.3, -0.25) is 0 Å². The van der Waals surface area contributed by atoms with Gasteiger partial charge in [-0.25, -0.2) is 9.59 Å². The van der Waals surface area contributed by atoms with Crippen LogP contribution in [0.5, 0.6) is 0 Å². The number of benzene rings is 1. The highest BCUT2D eigenvalue weighted by Gasteiger charge is 2.26. The molecular formula is C18H23Cl2NO5. The van der Waals surface area contributed by atoms with E-state index >= 15 is 0 Å². The van der Waals surface area contributed by atoms with Crippen molar-refractivity contribution in [3.63, 3.8) is 0 Å². The molecule has 0 unspecified atom stereocenters. The van der Waals surface area contributed by atoms with E-state index in [0.29, 0.717) is 34.0 Å². The molecule has 1 aromatic rings. The number of halogens is 2. The van der Waals surface area contributed by atoms with Gasteiger partial charge in [-0.05, 0) is 43.5 Å². The van der Waals surface area contributed by atoms with Crippen molar-refractivity contribution in [3.8, 4) is 0 Å². The van der Waals surface area contributed by atoms with Gasteiger partial charge in [0.25, 0.3) is 0 Å². The van der Waals surface area contributed by atoms with Crippen molar-refractivity contribution in [2.24, 2.45) is 5.92 Å². The molecule has 3 N–H and O–H groups in total. The maximum absolute atomic E-state index is 9.55. The molecule has 1 aromatic carbocycles. The SMILES string of the molecule is CCOC[C@@H]1CNCC[C@@H]1c1ccc(Cl)c(Cl)c1.O=C(O)/C=C/C(=O)O. The minimum absolute atomic E-state index is 0.507. The molecule has 2 rings (SSSR count). The van der Waals surface area contributed by atoms with Crippen LogP contribution in [0.2, 0.25) is 10.0 Å². The van der Waals surface area contributed by atoms with E-state index in [1.54, 1.807) is 0 Å². The van der Waals surface area contributed by atoms with Crippen LogP contribution in [0.3, 0.4) is 0 Å². The van der Waals surface area contributed by atoms with E-state index in [2.05, 4.69) is 11.4 Å². The summed E-state index contributed by atoms with van der Waals surface area (Å²) in [4.78, 5) is 19.1. The van der Waals surface area contributed by atoms with Gasteiger partial charge < -0.3 is 20.3 Å². The van der Waals surface area contributed by atoms with Crippen LogP contribution < -0.4 is 5.32 Å². The number of hydrogen-bond acceptors (Lipinski definition) is 4. The van der Waals surface area contributed by atoms with E-state index in [1.807, 2.05) is 19.1 Å². The summed E-state index contributed by atoms with van der Waals surface area (Å²) in [5, 5.41) is 20.3. The van der Waals surface area contributed by atoms with Crippen molar-refractivity contribution in [2.45, 2.75) is 19.3 Å². The Kier molecular flexibility index (Phi) is 10.3. The number of carbonyl (C=O) groups is 2. The maximum Gasteiger partial charge on any atom is 0.328 e. The maximum atomic E-state index is 9.55.